The highest BCUT2D eigenvalue weighted by Gasteiger charge is 2.39. The van der Waals surface area contributed by atoms with Crippen LogP contribution in [-0.2, 0) is 21.7 Å². The van der Waals surface area contributed by atoms with E-state index in [4.69, 9.17) is 0 Å². The van der Waals surface area contributed by atoms with Crippen molar-refractivity contribution in [2.45, 2.75) is 44.8 Å². The number of carbonyl (C=O) groups is 4. The Bertz CT molecular complexity index is 1110. The third-order valence-corrected chi connectivity index (χ3v) is 6.30. The molecule has 2 aliphatic heterocycles. The molecule has 2 aromatic rings. The Morgan fingerprint density at radius 2 is 1.84 bits per heavy atom. The van der Waals surface area contributed by atoms with Gasteiger partial charge in [0.05, 0.1) is 5.54 Å². The van der Waals surface area contributed by atoms with Crippen molar-refractivity contribution in [3.05, 3.63) is 63.6 Å². The topological polar surface area (TPSA) is 108 Å². The molecule has 1 saturated heterocycles. The van der Waals surface area contributed by atoms with Crippen molar-refractivity contribution in [1.82, 2.24) is 15.5 Å². The first-order valence-corrected chi connectivity index (χ1v) is 11.1. The first-order chi connectivity index (χ1) is 15.1. The smallest absolute Gasteiger partial charge is 0.319 e. The van der Waals surface area contributed by atoms with Gasteiger partial charge in [-0.25, -0.2) is 4.79 Å². The van der Waals surface area contributed by atoms with Gasteiger partial charge in [0.1, 0.15) is 6.04 Å². The summed E-state index contributed by atoms with van der Waals surface area (Å²) < 4.78 is 0.959. The maximum absolute atomic E-state index is 12.8. The Balaban J connectivity index is 1.44. The van der Waals surface area contributed by atoms with E-state index in [9.17, 15) is 19.2 Å². The summed E-state index contributed by atoms with van der Waals surface area (Å²) in [5.74, 6) is -1.02. The first kappa shape index (κ1) is 22.0. The summed E-state index contributed by atoms with van der Waals surface area (Å²) in [5, 5.41) is 8.07. The molecule has 2 aliphatic rings. The molecule has 5 amide bonds. The van der Waals surface area contributed by atoms with E-state index in [0.717, 1.165) is 15.6 Å². The molecule has 4 rings (SSSR count). The minimum atomic E-state index is -0.668. The van der Waals surface area contributed by atoms with Gasteiger partial charge in [-0.3, -0.25) is 19.7 Å². The van der Waals surface area contributed by atoms with Crippen molar-refractivity contribution in [2.75, 3.05) is 5.32 Å². The molecule has 0 saturated carbocycles. The average molecular weight is 499 g/mol. The van der Waals surface area contributed by atoms with Crippen LogP contribution in [0.4, 0.5) is 10.5 Å². The predicted molar refractivity (Wildman–Crippen MR) is 122 cm³/mol. The van der Waals surface area contributed by atoms with Crippen molar-refractivity contribution in [3.63, 3.8) is 0 Å². The molecule has 1 unspecified atom stereocenters. The average Bonchev–Trinajstić information content (AvgIpc) is 3.03. The number of nitrogens with one attached hydrogen (secondary N) is 3. The minimum absolute atomic E-state index is 0.206. The van der Waals surface area contributed by atoms with Gasteiger partial charge in [0.25, 0.3) is 5.91 Å². The number of urea groups is 1. The number of amides is 5. The summed E-state index contributed by atoms with van der Waals surface area (Å²) in [6, 6.07) is 11.7. The van der Waals surface area contributed by atoms with E-state index in [1.54, 1.807) is 18.2 Å². The molecule has 0 spiro atoms. The van der Waals surface area contributed by atoms with Crippen molar-refractivity contribution in [2.24, 2.45) is 0 Å². The van der Waals surface area contributed by atoms with E-state index in [-0.39, 0.29) is 30.8 Å². The third-order valence-electron chi connectivity index (χ3n) is 5.77. The van der Waals surface area contributed by atoms with Gasteiger partial charge in [0.15, 0.2) is 0 Å². The predicted octanol–water partition coefficient (Wildman–Crippen LogP) is 3.27. The number of rotatable bonds is 4. The van der Waals surface area contributed by atoms with Gasteiger partial charge in [0.2, 0.25) is 11.8 Å². The van der Waals surface area contributed by atoms with Crippen molar-refractivity contribution >= 4 is 45.4 Å². The number of nitrogens with zero attached hydrogens (tertiary/aromatic N) is 1. The number of carbonyl (C=O) groups excluding carboxylic acids is 4. The number of anilines is 1. The van der Waals surface area contributed by atoms with Crippen molar-refractivity contribution in [1.29, 1.82) is 0 Å². The molecule has 0 aliphatic carbocycles. The normalized spacial score (nSPS) is 18.3. The van der Waals surface area contributed by atoms with E-state index in [0.29, 0.717) is 17.7 Å². The summed E-state index contributed by atoms with van der Waals surface area (Å²) in [7, 11) is 0. The fourth-order valence-electron chi connectivity index (χ4n) is 4.04. The second kappa shape index (κ2) is 8.38. The molecule has 9 heteroatoms. The van der Waals surface area contributed by atoms with Crippen LogP contribution in [0, 0.1) is 0 Å². The Hall–Kier alpha value is -3.20. The third kappa shape index (κ3) is 4.38. The second-order valence-corrected chi connectivity index (χ2v) is 9.40. The lowest BCUT2D eigenvalue weighted by Crippen LogP contribution is -2.52. The number of fused-ring (bicyclic) bond motifs is 1. The van der Waals surface area contributed by atoms with E-state index in [1.807, 2.05) is 38.1 Å². The number of hydrogen-bond acceptors (Lipinski definition) is 4. The Labute approximate surface area is 193 Å². The summed E-state index contributed by atoms with van der Waals surface area (Å²) in [6.07, 6.45) is 0.515. The highest BCUT2D eigenvalue weighted by molar-refractivity contribution is 9.10. The standard InChI is InChI=1S/C23H23BrN4O4/c1-23(2,14-3-5-15(24)6-4-14)27-22(32)25-16-7-8-17-13(11-16)12-28(21(17)31)18-9-10-19(29)26-20(18)30/h3-8,11,18H,9-10,12H2,1-2H3,(H2,25,27,32)(H,26,29,30). The zero-order chi connectivity index (χ0) is 23.0. The fraction of sp³-hybridized carbons (Fsp3) is 0.304. The summed E-state index contributed by atoms with van der Waals surface area (Å²) >= 11 is 3.41. The zero-order valence-electron chi connectivity index (χ0n) is 17.7. The van der Waals surface area contributed by atoms with Gasteiger partial charge in [-0.1, -0.05) is 28.1 Å². The molecule has 166 valence electrons. The number of piperidine rings is 1. The van der Waals surface area contributed by atoms with E-state index in [2.05, 4.69) is 31.9 Å². The maximum atomic E-state index is 12.8. The van der Waals surface area contributed by atoms with Crippen LogP contribution in [0.5, 0.6) is 0 Å². The Kier molecular flexibility index (Phi) is 5.77. The molecular formula is C23H23BrN4O4. The second-order valence-electron chi connectivity index (χ2n) is 8.48. The van der Waals surface area contributed by atoms with Gasteiger partial charge >= 0.3 is 6.03 Å². The summed E-state index contributed by atoms with van der Waals surface area (Å²) in [5.41, 5.74) is 2.13. The SMILES string of the molecule is CC(C)(NC(=O)Nc1ccc2c(c1)CN(C1CCC(=O)NC1=O)C2=O)c1ccc(Br)cc1. The lowest BCUT2D eigenvalue weighted by atomic mass is 9.94. The lowest BCUT2D eigenvalue weighted by Gasteiger charge is -2.29. The fourth-order valence-corrected chi connectivity index (χ4v) is 4.30. The highest BCUT2D eigenvalue weighted by atomic mass is 79.9. The van der Waals surface area contributed by atoms with Crippen LogP contribution in [-0.4, -0.2) is 34.7 Å². The molecule has 3 N–H and O–H groups in total. The highest BCUT2D eigenvalue weighted by Crippen LogP contribution is 2.29. The van der Waals surface area contributed by atoms with E-state index < -0.39 is 17.5 Å². The number of halogens is 1. The molecule has 1 fully saturated rings. The van der Waals surface area contributed by atoms with Crippen LogP contribution in [0.15, 0.2) is 46.9 Å². The van der Waals surface area contributed by atoms with E-state index >= 15 is 0 Å². The maximum Gasteiger partial charge on any atom is 0.319 e. The van der Waals surface area contributed by atoms with Gasteiger partial charge < -0.3 is 15.5 Å². The first-order valence-electron chi connectivity index (χ1n) is 10.3. The molecule has 1 atom stereocenters. The van der Waals surface area contributed by atoms with Crippen LogP contribution < -0.4 is 16.0 Å². The van der Waals surface area contributed by atoms with Gasteiger partial charge in [-0.15, -0.1) is 0 Å². The Morgan fingerprint density at radius 3 is 2.53 bits per heavy atom. The molecule has 0 bridgehead atoms. The molecule has 2 heterocycles. The molecule has 0 radical (unpaired) electrons. The number of imide groups is 1. The van der Waals surface area contributed by atoms with Crippen LogP contribution >= 0.6 is 15.9 Å². The lowest BCUT2D eigenvalue weighted by molar-refractivity contribution is -0.136. The zero-order valence-corrected chi connectivity index (χ0v) is 19.3. The van der Waals surface area contributed by atoms with Crippen LogP contribution in [0.2, 0.25) is 0 Å². The number of benzene rings is 2. The van der Waals surface area contributed by atoms with Gasteiger partial charge in [0, 0.05) is 28.7 Å². The van der Waals surface area contributed by atoms with Crippen LogP contribution in [0.1, 0.15) is 48.2 Å². The van der Waals surface area contributed by atoms with Crippen molar-refractivity contribution in [3.8, 4) is 0 Å². The van der Waals surface area contributed by atoms with Crippen LogP contribution in [0.25, 0.3) is 0 Å². The van der Waals surface area contributed by atoms with Crippen molar-refractivity contribution < 1.29 is 19.2 Å². The number of hydrogen-bond donors (Lipinski definition) is 3. The minimum Gasteiger partial charge on any atom is -0.329 e. The monoisotopic (exact) mass is 498 g/mol. The molecule has 8 nitrogen and oxygen atoms in total. The molecule has 2 aromatic carbocycles. The molecule has 0 aromatic heterocycles. The summed E-state index contributed by atoms with van der Waals surface area (Å²) in [6.45, 7) is 4.08. The molecule has 32 heavy (non-hydrogen) atoms. The van der Waals surface area contributed by atoms with Crippen LogP contribution in [0.3, 0.4) is 0 Å². The summed E-state index contributed by atoms with van der Waals surface area (Å²) in [4.78, 5) is 50.5. The van der Waals surface area contributed by atoms with Gasteiger partial charge in [-0.05, 0) is 61.7 Å². The largest absolute Gasteiger partial charge is 0.329 e. The Morgan fingerprint density at radius 1 is 1.12 bits per heavy atom. The van der Waals surface area contributed by atoms with E-state index in [1.165, 1.54) is 4.90 Å². The molecular weight excluding hydrogens is 476 g/mol. The quantitative estimate of drug-likeness (QED) is 0.562. The van der Waals surface area contributed by atoms with Gasteiger partial charge in [-0.2, -0.15) is 0 Å².